The van der Waals surface area contributed by atoms with Crippen LogP contribution in [0, 0.1) is 18.3 Å². The quantitative estimate of drug-likeness (QED) is 0.661. The van der Waals surface area contributed by atoms with Gasteiger partial charge in [0.1, 0.15) is 11.8 Å². The molecule has 156 valence electrons. The topological polar surface area (TPSA) is 73.6 Å². The van der Waals surface area contributed by atoms with Crippen molar-refractivity contribution in [2.75, 3.05) is 33.3 Å². The number of ether oxygens (including phenoxy) is 1. The molecule has 1 aliphatic heterocycles. The molecule has 1 amide bonds. The van der Waals surface area contributed by atoms with Gasteiger partial charge >= 0.3 is 0 Å². The molecular formula is C24H27N3O3. The van der Waals surface area contributed by atoms with Crippen LogP contribution in [0.4, 0.5) is 0 Å². The number of Topliss-reactive ketones (excluding diaryl/α,β-unsaturated/α-hetero) is 1. The van der Waals surface area contributed by atoms with E-state index in [1.54, 1.807) is 12.0 Å². The van der Waals surface area contributed by atoms with Gasteiger partial charge in [-0.1, -0.05) is 42.0 Å². The summed E-state index contributed by atoms with van der Waals surface area (Å²) in [6.45, 7) is 4.35. The molecule has 0 saturated carbocycles. The van der Waals surface area contributed by atoms with Crippen LogP contribution in [0.3, 0.4) is 0 Å². The Morgan fingerprint density at radius 3 is 2.20 bits per heavy atom. The van der Waals surface area contributed by atoms with Crippen LogP contribution in [0.1, 0.15) is 40.4 Å². The maximum absolute atomic E-state index is 12.6. The first kappa shape index (κ1) is 21.5. The highest BCUT2D eigenvalue weighted by atomic mass is 16.5. The molecule has 2 aromatic rings. The molecule has 6 heteroatoms. The SMILES string of the molecule is COc1ccc(C(C#N)N2CCN(C(=O)CCC(=O)c3ccc(C)cc3)CC2)cc1. The molecule has 30 heavy (non-hydrogen) atoms. The summed E-state index contributed by atoms with van der Waals surface area (Å²) in [4.78, 5) is 28.7. The van der Waals surface area contributed by atoms with Crippen molar-refractivity contribution in [1.29, 1.82) is 5.26 Å². The Kier molecular flexibility index (Phi) is 7.21. The molecule has 0 aliphatic carbocycles. The van der Waals surface area contributed by atoms with Crippen molar-refractivity contribution in [3.8, 4) is 11.8 Å². The van der Waals surface area contributed by atoms with Crippen molar-refractivity contribution in [1.82, 2.24) is 9.80 Å². The van der Waals surface area contributed by atoms with Crippen molar-refractivity contribution in [2.45, 2.75) is 25.8 Å². The second kappa shape index (κ2) is 10.0. The van der Waals surface area contributed by atoms with Crippen LogP contribution in [-0.4, -0.2) is 54.8 Å². The molecule has 6 nitrogen and oxygen atoms in total. The van der Waals surface area contributed by atoms with Crippen LogP contribution in [0.25, 0.3) is 0 Å². The number of carbonyl (C=O) groups is 2. The third-order valence-corrected chi connectivity index (χ3v) is 5.53. The molecule has 1 fully saturated rings. The van der Waals surface area contributed by atoms with Crippen molar-refractivity contribution < 1.29 is 14.3 Å². The normalized spacial score (nSPS) is 15.3. The predicted octanol–water partition coefficient (Wildman–Crippen LogP) is 3.38. The van der Waals surface area contributed by atoms with Gasteiger partial charge in [0.2, 0.25) is 5.91 Å². The molecule has 1 aliphatic rings. The lowest BCUT2D eigenvalue weighted by Crippen LogP contribution is -2.49. The van der Waals surface area contributed by atoms with Gasteiger partial charge in [0.05, 0.1) is 13.2 Å². The summed E-state index contributed by atoms with van der Waals surface area (Å²) < 4.78 is 5.18. The summed E-state index contributed by atoms with van der Waals surface area (Å²) in [6.07, 6.45) is 0.432. The fourth-order valence-electron chi connectivity index (χ4n) is 3.65. The monoisotopic (exact) mass is 405 g/mol. The van der Waals surface area contributed by atoms with Crippen molar-refractivity contribution in [2.24, 2.45) is 0 Å². The summed E-state index contributed by atoms with van der Waals surface area (Å²) in [5.41, 5.74) is 2.67. The Labute approximate surface area is 177 Å². The number of methoxy groups -OCH3 is 1. The maximum Gasteiger partial charge on any atom is 0.223 e. The van der Waals surface area contributed by atoms with Gasteiger partial charge in [-0.3, -0.25) is 14.5 Å². The molecule has 3 rings (SSSR count). The third-order valence-electron chi connectivity index (χ3n) is 5.53. The van der Waals surface area contributed by atoms with Crippen LogP contribution >= 0.6 is 0 Å². The average Bonchev–Trinajstić information content (AvgIpc) is 2.79. The first-order chi connectivity index (χ1) is 14.5. The maximum atomic E-state index is 12.6. The number of nitriles is 1. The number of amides is 1. The van der Waals surface area contributed by atoms with Gasteiger partial charge in [-0.2, -0.15) is 5.26 Å². The molecule has 0 bridgehead atoms. The zero-order chi connectivity index (χ0) is 21.5. The number of piperazine rings is 1. The number of rotatable bonds is 7. The van der Waals surface area contributed by atoms with Gasteiger partial charge in [-0.25, -0.2) is 0 Å². The van der Waals surface area contributed by atoms with Gasteiger partial charge in [-0.05, 0) is 24.6 Å². The second-order valence-electron chi connectivity index (χ2n) is 7.51. The summed E-state index contributed by atoms with van der Waals surface area (Å²) >= 11 is 0. The van der Waals surface area contributed by atoms with E-state index in [1.165, 1.54) is 0 Å². The number of aryl methyl sites for hydroxylation is 1. The third kappa shape index (κ3) is 5.25. The molecular weight excluding hydrogens is 378 g/mol. The highest BCUT2D eigenvalue weighted by Crippen LogP contribution is 2.24. The van der Waals surface area contributed by atoms with Crippen LogP contribution in [-0.2, 0) is 4.79 Å². The van der Waals surface area contributed by atoms with Crippen molar-refractivity contribution in [3.63, 3.8) is 0 Å². The van der Waals surface area contributed by atoms with Crippen LogP contribution in [0.15, 0.2) is 48.5 Å². The molecule has 2 aromatic carbocycles. The number of hydrogen-bond acceptors (Lipinski definition) is 5. The van der Waals surface area contributed by atoms with Crippen molar-refractivity contribution in [3.05, 3.63) is 65.2 Å². The Morgan fingerprint density at radius 1 is 1.00 bits per heavy atom. The molecule has 1 saturated heterocycles. The molecule has 1 atom stereocenters. The zero-order valence-corrected chi connectivity index (χ0v) is 17.5. The predicted molar refractivity (Wildman–Crippen MR) is 114 cm³/mol. The van der Waals surface area contributed by atoms with E-state index >= 15 is 0 Å². The second-order valence-corrected chi connectivity index (χ2v) is 7.51. The lowest BCUT2D eigenvalue weighted by atomic mass is 10.0. The van der Waals surface area contributed by atoms with Gasteiger partial charge in [-0.15, -0.1) is 0 Å². The fourth-order valence-corrected chi connectivity index (χ4v) is 3.65. The van der Waals surface area contributed by atoms with E-state index < -0.39 is 0 Å². The number of carbonyl (C=O) groups excluding carboxylic acids is 2. The zero-order valence-electron chi connectivity index (χ0n) is 17.5. The molecule has 0 aromatic heterocycles. The van der Waals surface area contributed by atoms with E-state index in [2.05, 4.69) is 11.0 Å². The highest BCUT2D eigenvalue weighted by molar-refractivity contribution is 5.98. The average molecular weight is 405 g/mol. The van der Waals surface area contributed by atoms with E-state index in [0.29, 0.717) is 31.7 Å². The van der Waals surface area contributed by atoms with E-state index in [4.69, 9.17) is 4.74 Å². The van der Waals surface area contributed by atoms with Crippen LogP contribution in [0.2, 0.25) is 0 Å². The Balaban J connectivity index is 1.50. The number of benzene rings is 2. The number of ketones is 1. The lowest BCUT2D eigenvalue weighted by Gasteiger charge is -2.37. The van der Waals surface area contributed by atoms with E-state index in [0.717, 1.165) is 16.9 Å². The first-order valence-corrected chi connectivity index (χ1v) is 10.2. The minimum atomic E-state index is -0.351. The summed E-state index contributed by atoms with van der Waals surface area (Å²) in [5.74, 6) is 0.741. The standard InChI is InChI=1S/C24H27N3O3/c1-18-3-5-20(6-4-18)23(28)11-12-24(29)27-15-13-26(14-16-27)22(17-25)19-7-9-21(30-2)10-8-19/h3-10,22H,11-16H2,1-2H3. The minimum absolute atomic E-state index is 0.00642. The number of nitrogens with zero attached hydrogens (tertiary/aromatic N) is 3. The van der Waals surface area contributed by atoms with E-state index in [-0.39, 0.29) is 30.6 Å². The lowest BCUT2D eigenvalue weighted by molar-refractivity contribution is -0.133. The van der Waals surface area contributed by atoms with E-state index in [1.807, 2.05) is 55.5 Å². The summed E-state index contributed by atoms with van der Waals surface area (Å²) in [6, 6.07) is 17.0. The molecule has 1 unspecified atom stereocenters. The summed E-state index contributed by atoms with van der Waals surface area (Å²) in [5, 5.41) is 9.66. The minimum Gasteiger partial charge on any atom is -0.497 e. The van der Waals surface area contributed by atoms with Gasteiger partial charge in [0, 0.05) is 44.6 Å². The molecule has 0 N–H and O–H groups in total. The summed E-state index contributed by atoms with van der Waals surface area (Å²) in [7, 11) is 1.61. The Bertz CT molecular complexity index is 908. The molecule has 0 radical (unpaired) electrons. The fraction of sp³-hybridized carbons (Fsp3) is 0.375. The Morgan fingerprint density at radius 2 is 1.63 bits per heavy atom. The van der Waals surface area contributed by atoms with Gasteiger partial charge < -0.3 is 9.64 Å². The molecule has 1 heterocycles. The Hall–Kier alpha value is -3.17. The van der Waals surface area contributed by atoms with Crippen LogP contribution in [0.5, 0.6) is 5.75 Å². The highest BCUT2D eigenvalue weighted by Gasteiger charge is 2.27. The smallest absolute Gasteiger partial charge is 0.223 e. The first-order valence-electron chi connectivity index (χ1n) is 10.2. The van der Waals surface area contributed by atoms with Crippen molar-refractivity contribution >= 4 is 11.7 Å². The van der Waals surface area contributed by atoms with Gasteiger partial charge in [0.15, 0.2) is 5.78 Å². The van der Waals surface area contributed by atoms with Crippen LogP contribution < -0.4 is 4.74 Å². The largest absolute Gasteiger partial charge is 0.497 e. The van der Waals surface area contributed by atoms with E-state index in [9.17, 15) is 14.9 Å². The van der Waals surface area contributed by atoms with Gasteiger partial charge in [0.25, 0.3) is 0 Å². The number of hydrogen-bond donors (Lipinski definition) is 0. The molecule has 0 spiro atoms.